The van der Waals surface area contributed by atoms with Crippen LogP contribution in [0.5, 0.6) is 5.75 Å². The van der Waals surface area contributed by atoms with Crippen LogP contribution in [0.25, 0.3) is 11.3 Å². The molecule has 1 aliphatic rings. The summed E-state index contributed by atoms with van der Waals surface area (Å²) < 4.78 is 34.2. The minimum atomic E-state index is -0.709. The molecule has 0 aliphatic carbocycles. The minimum Gasteiger partial charge on any atom is -0.465 e. The maximum Gasteiger partial charge on any atom is 0.193 e. The zero-order valence-corrected chi connectivity index (χ0v) is 14.9. The van der Waals surface area contributed by atoms with Crippen molar-refractivity contribution in [3.05, 3.63) is 77.5 Å². The number of ether oxygens (including phenoxy) is 1. The topological polar surface area (TPSA) is 38.2 Å². The van der Waals surface area contributed by atoms with Gasteiger partial charge in [0.25, 0.3) is 0 Å². The highest BCUT2D eigenvalue weighted by atomic mass is 19.1. The Bertz CT molecular complexity index is 929. The van der Waals surface area contributed by atoms with Crippen LogP contribution in [0.4, 0.5) is 8.78 Å². The van der Waals surface area contributed by atoms with E-state index in [1.807, 2.05) is 42.3 Å². The minimum absolute atomic E-state index is 0.355. The normalized spacial score (nSPS) is 17.2. The first kappa shape index (κ1) is 17.5. The van der Waals surface area contributed by atoms with E-state index < -0.39 is 17.9 Å². The van der Waals surface area contributed by atoms with E-state index in [9.17, 15) is 8.78 Å². The Kier molecular flexibility index (Phi) is 4.81. The van der Waals surface area contributed by atoms with Crippen LogP contribution >= 0.6 is 0 Å². The lowest BCUT2D eigenvalue weighted by Crippen LogP contribution is -2.29. The summed E-state index contributed by atoms with van der Waals surface area (Å²) in [5, 5.41) is 8.08. The predicted molar refractivity (Wildman–Crippen MR) is 98.1 cm³/mol. The third-order valence-electron chi connectivity index (χ3n) is 4.79. The first-order chi connectivity index (χ1) is 13.1. The molecular formula is C21H19F2N3O. The van der Waals surface area contributed by atoms with E-state index in [1.165, 1.54) is 18.2 Å². The highest BCUT2D eigenvalue weighted by molar-refractivity contribution is 5.61. The van der Waals surface area contributed by atoms with Crippen molar-refractivity contribution in [3.8, 4) is 17.0 Å². The van der Waals surface area contributed by atoms with Crippen LogP contribution in [0.2, 0.25) is 0 Å². The average Bonchev–Trinajstić information content (AvgIpc) is 2.83. The van der Waals surface area contributed by atoms with Gasteiger partial charge in [0.15, 0.2) is 23.6 Å². The number of halogens is 2. The summed E-state index contributed by atoms with van der Waals surface area (Å²) in [6.07, 6.45) is 2.84. The molecule has 0 bridgehead atoms. The van der Waals surface area contributed by atoms with Crippen molar-refractivity contribution < 1.29 is 13.5 Å². The predicted octanol–water partition coefficient (Wildman–Crippen LogP) is 4.38. The molecule has 0 fully saturated rings. The Labute approximate surface area is 156 Å². The Morgan fingerprint density at radius 3 is 2.63 bits per heavy atom. The molecule has 4 nitrogen and oxygen atoms in total. The molecule has 0 saturated carbocycles. The molecule has 0 N–H and O–H groups in total. The Morgan fingerprint density at radius 2 is 1.89 bits per heavy atom. The van der Waals surface area contributed by atoms with E-state index in [2.05, 4.69) is 10.2 Å². The lowest BCUT2D eigenvalue weighted by molar-refractivity contribution is 0.0397. The van der Waals surface area contributed by atoms with Gasteiger partial charge in [0, 0.05) is 23.9 Å². The van der Waals surface area contributed by atoms with Crippen LogP contribution in [0.15, 0.2) is 54.7 Å². The maximum atomic E-state index is 14.2. The number of para-hydroxylation sites is 1. The molecule has 0 saturated heterocycles. The van der Waals surface area contributed by atoms with Gasteiger partial charge in [-0.2, -0.15) is 10.2 Å². The summed E-state index contributed by atoms with van der Waals surface area (Å²) in [7, 11) is 1.90. The van der Waals surface area contributed by atoms with Gasteiger partial charge in [0.2, 0.25) is 0 Å². The average molecular weight is 367 g/mol. The van der Waals surface area contributed by atoms with E-state index >= 15 is 0 Å². The summed E-state index contributed by atoms with van der Waals surface area (Å²) in [6, 6.07) is 13.4. The van der Waals surface area contributed by atoms with Crippen LogP contribution < -0.4 is 4.74 Å². The number of hydrogen-bond acceptors (Lipinski definition) is 4. The van der Waals surface area contributed by atoms with Gasteiger partial charge in [-0.3, -0.25) is 4.90 Å². The van der Waals surface area contributed by atoms with Gasteiger partial charge in [-0.1, -0.05) is 18.2 Å². The molecule has 0 spiro atoms. The van der Waals surface area contributed by atoms with Crippen LogP contribution in [-0.2, 0) is 6.42 Å². The summed E-state index contributed by atoms with van der Waals surface area (Å²) in [5.41, 5.74) is 3.62. The quantitative estimate of drug-likeness (QED) is 0.689. The van der Waals surface area contributed by atoms with Crippen molar-refractivity contribution >= 4 is 0 Å². The fourth-order valence-electron chi connectivity index (χ4n) is 3.40. The number of hydrogen-bond donors (Lipinski definition) is 0. The molecular weight excluding hydrogens is 348 g/mol. The van der Waals surface area contributed by atoms with Crippen molar-refractivity contribution in [1.82, 2.24) is 15.1 Å². The van der Waals surface area contributed by atoms with Crippen LogP contribution in [0, 0.1) is 11.6 Å². The van der Waals surface area contributed by atoms with E-state index in [1.54, 1.807) is 6.20 Å². The SMILES string of the molecule is CN1CCCc2ccc(-c3cccnn3)cc2C1Oc1c(F)cccc1F. The Balaban J connectivity index is 1.78. The van der Waals surface area contributed by atoms with Crippen molar-refractivity contribution in [3.63, 3.8) is 0 Å². The second-order valence-corrected chi connectivity index (χ2v) is 6.63. The van der Waals surface area contributed by atoms with Crippen molar-refractivity contribution in [1.29, 1.82) is 0 Å². The van der Waals surface area contributed by atoms with Gasteiger partial charge < -0.3 is 4.74 Å². The van der Waals surface area contributed by atoms with Crippen molar-refractivity contribution in [2.45, 2.75) is 19.1 Å². The summed E-state index contributed by atoms with van der Waals surface area (Å²) in [6.45, 7) is 0.760. The number of rotatable bonds is 3. The molecule has 0 radical (unpaired) electrons. The smallest absolute Gasteiger partial charge is 0.193 e. The van der Waals surface area contributed by atoms with Crippen LogP contribution in [0.1, 0.15) is 23.8 Å². The third-order valence-corrected chi connectivity index (χ3v) is 4.79. The molecule has 27 heavy (non-hydrogen) atoms. The van der Waals surface area contributed by atoms with Gasteiger partial charge in [-0.15, -0.1) is 0 Å². The third kappa shape index (κ3) is 3.53. The molecule has 2 aromatic carbocycles. The van der Waals surface area contributed by atoms with Gasteiger partial charge in [0.05, 0.1) is 5.69 Å². The van der Waals surface area contributed by atoms with Crippen molar-refractivity contribution in [2.24, 2.45) is 0 Å². The summed E-state index contributed by atoms with van der Waals surface area (Å²) >= 11 is 0. The van der Waals surface area contributed by atoms with E-state index in [0.717, 1.165) is 41.8 Å². The van der Waals surface area contributed by atoms with Gasteiger partial charge in [0.1, 0.15) is 0 Å². The Morgan fingerprint density at radius 1 is 1.07 bits per heavy atom. The van der Waals surface area contributed by atoms with E-state index in [0.29, 0.717) is 0 Å². The van der Waals surface area contributed by atoms with E-state index in [4.69, 9.17) is 4.74 Å². The molecule has 1 atom stereocenters. The Hall–Kier alpha value is -2.86. The molecule has 4 rings (SSSR count). The molecule has 1 unspecified atom stereocenters. The maximum absolute atomic E-state index is 14.2. The largest absolute Gasteiger partial charge is 0.465 e. The first-order valence-corrected chi connectivity index (χ1v) is 8.85. The number of nitrogens with zero attached hydrogens (tertiary/aromatic N) is 3. The fraction of sp³-hybridized carbons (Fsp3) is 0.238. The van der Waals surface area contributed by atoms with Gasteiger partial charge in [-0.05, 0) is 55.8 Å². The van der Waals surface area contributed by atoms with Gasteiger partial charge in [-0.25, -0.2) is 8.78 Å². The molecule has 1 aliphatic heterocycles. The highest BCUT2D eigenvalue weighted by Crippen LogP contribution is 2.35. The van der Waals surface area contributed by atoms with E-state index in [-0.39, 0.29) is 5.75 Å². The second-order valence-electron chi connectivity index (χ2n) is 6.63. The lowest BCUT2D eigenvalue weighted by atomic mass is 9.98. The summed E-state index contributed by atoms with van der Waals surface area (Å²) in [5.74, 6) is -1.77. The molecule has 138 valence electrons. The standard InChI is InChI=1S/C21H19F2N3O/c1-26-12-4-5-14-9-10-15(19-8-3-11-24-25-19)13-16(14)21(26)27-20-17(22)6-2-7-18(20)23/h2-3,6-11,13,21H,4-5,12H2,1H3. The molecule has 6 heteroatoms. The highest BCUT2D eigenvalue weighted by Gasteiger charge is 2.27. The number of aromatic nitrogens is 2. The fourth-order valence-corrected chi connectivity index (χ4v) is 3.40. The zero-order chi connectivity index (χ0) is 18.8. The number of benzene rings is 2. The monoisotopic (exact) mass is 367 g/mol. The lowest BCUT2D eigenvalue weighted by Gasteiger charge is -2.28. The van der Waals surface area contributed by atoms with Crippen LogP contribution in [-0.4, -0.2) is 28.7 Å². The number of aryl methyl sites for hydroxylation is 1. The first-order valence-electron chi connectivity index (χ1n) is 8.85. The number of fused-ring (bicyclic) bond motifs is 1. The van der Waals surface area contributed by atoms with Crippen LogP contribution in [0.3, 0.4) is 0 Å². The molecule has 0 amide bonds. The van der Waals surface area contributed by atoms with Crippen molar-refractivity contribution in [2.75, 3.05) is 13.6 Å². The second kappa shape index (κ2) is 7.40. The molecule has 3 aromatic rings. The van der Waals surface area contributed by atoms with Gasteiger partial charge >= 0.3 is 0 Å². The zero-order valence-electron chi connectivity index (χ0n) is 14.9. The summed E-state index contributed by atoms with van der Waals surface area (Å²) in [4.78, 5) is 1.97. The molecule has 1 aromatic heterocycles. The molecule has 2 heterocycles.